The van der Waals surface area contributed by atoms with Crippen LogP contribution in [0.15, 0.2) is 12.1 Å². The standard InChI is InChI=1S/C12H15NO5/c14-4-8-1-2-9-5-17-12(7-13(8)9)3-10(15)11(16)6-18-12/h1-2,4,10-11,15-16H,3,5-7H2/t10-,11+,12?/m0/s1. The molecule has 3 atom stereocenters. The Morgan fingerprint density at radius 3 is 2.89 bits per heavy atom. The Morgan fingerprint density at radius 2 is 2.17 bits per heavy atom. The van der Waals surface area contributed by atoms with E-state index in [1.807, 2.05) is 10.6 Å². The molecule has 98 valence electrons. The minimum Gasteiger partial charge on any atom is -0.390 e. The summed E-state index contributed by atoms with van der Waals surface area (Å²) in [6, 6.07) is 3.57. The number of aromatic nitrogens is 1. The van der Waals surface area contributed by atoms with Gasteiger partial charge in [0.05, 0.1) is 31.6 Å². The van der Waals surface area contributed by atoms with Gasteiger partial charge in [0.15, 0.2) is 12.1 Å². The zero-order valence-electron chi connectivity index (χ0n) is 9.78. The molecule has 1 aromatic rings. The van der Waals surface area contributed by atoms with Gasteiger partial charge in [0, 0.05) is 12.1 Å². The van der Waals surface area contributed by atoms with Gasteiger partial charge in [-0.05, 0) is 12.1 Å². The van der Waals surface area contributed by atoms with Gasteiger partial charge in [-0.25, -0.2) is 0 Å². The smallest absolute Gasteiger partial charge is 0.189 e. The van der Waals surface area contributed by atoms with Crippen LogP contribution in [0.5, 0.6) is 0 Å². The van der Waals surface area contributed by atoms with Crippen LogP contribution in [0.25, 0.3) is 0 Å². The van der Waals surface area contributed by atoms with Crippen molar-refractivity contribution < 1.29 is 24.5 Å². The van der Waals surface area contributed by atoms with Crippen molar-refractivity contribution in [2.45, 2.75) is 37.6 Å². The van der Waals surface area contributed by atoms with Crippen molar-refractivity contribution in [3.8, 4) is 0 Å². The maximum atomic E-state index is 10.9. The average Bonchev–Trinajstić information content (AvgIpc) is 2.76. The van der Waals surface area contributed by atoms with Gasteiger partial charge >= 0.3 is 0 Å². The van der Waals surface area contributed by atoms with E-state index in [0.29, 0.717) is 18.8 Å². The maximum Gasteiger partial charge on any atom is 0.189 e. The molecule has 1 aromatic heterocycles. The van der Waals surface area contributed by atoms with E-state index < -0.39 is 18.0 Å². The van der Waals surface area contributed by atoms with Gasteiger partial charge in [-0.15, -0.1) is 0 Å². The third-order valence-electron chi connectivity index (χ3n) is 3.59. The van der Waals surface area contributed by atoms with Crippen LogP contribution in [0.3, 0.4) is 0 Å². The van der Waals surface area contributed by atoms with E-state index >= 15 is 0 Å². The molecule has 1 spiro atoms. The Balaban J connectivity index is 1.87. The molecule has 6 heteroatoms. The fourth-order valence-corrected chi connectivity index (χ4v) is 2.51. The summed E-state index contributed by atoms with van der Waals surface area (Å²) in [6.45, 7) is 0.720. The van der Waals surface area contributed by atoms with Crippen LogP contribution in [-0.2, 0) is 22.6 Å². The fourth-order valence-electron chi connectivity index (χ4n) is 2.51. The summed E-state index contributed by atoms with van der Waals surface area (Å²) in [6.07, 6.45) is -0.757. The number of aldehydes is 1. The fraction of sp³-hybridized carbons (Fsp3) is 0.583. The van der Waals surface area contributed by atoms with Gasteiger partial charge in [-0.3, -0.25) is 4.79 Å². The van der Waals surface area contributed by atoms with Crippen molar-refractivity contribution >= 4 is 6.29 Å². The second-order valence-electron chi connectivity index (χ2n) is 4.80. The first-order chi connectivity index (χ1) is 8.63. The van der Waals surface area contributed by atoms with Gasteiger partial charge in [-0.2, -0.15) is 0 Å². The first-order valence-corrected chi connectivity index (χ1v) is 5.91. The minimum absolute atomic E-state index is 0.0359. The molecule has 1 fully saturated rings. The summed E-state index contributed by atoms with van der Waals surface area (Å²) < 4.78 is 13.1. The Morgan fingerprint density at radius 1 is 1.33 bits per heavy atom. The van der Waals surface area contributed by atoms with E-state index in [-0.39, 0.29) is 13.0 Å². The largest absolute Gasteiger partial charge is 0.390 e. The number of fused-ring (bicyclic) bond motifs is 1. The SMILES string of the molecule is O=Cc1ccc2n1CC1(C[C@H](O)[C@H](O)CO1)OC2. The number of nitrogens with zero attached hydrogens (tertiary/aromatic N) is 1. The lowest BCUT2D eigenvalue weighted by atomic mass is 9.99. The molecule has 0 aliphatic carbocycles. The lowest BCUT2D eigenvalue weighted by Gasteiger charge is -2.43. The van der Waals surface area contributed by atoms with E-state index in [1.165, 1.54) is 0 Å². The molecule has 0 bridgehead atoms. The first-order valence-electron chi connectivity index (χ1n) is 5.91. The maximum absolute atomic E-state index is 10.9. The molecule has 2 N–H and O–H groups in total. The summed E-state index contributed by atoms with van der Waals surface area (Å²) in [5.74, 6) is -0.942. The van der Waals surface area contributed by atoms with Crippen molar-refractivity contribution in [3.05, 3.63) is 23.5 Å². The van der Waals surface area contributed by atoms with Crippen molar-refractivity contribution in [2.75, 3.05) is 6.61 Å². The number of ether oxygens (including phenoxy) is 2. The first kappa shape index (κ1) is 11.9. The van der Waals surface area contributed by atoms with Crippen LogP contribution >= 0.6 is 0 Å². The van der Waals surface area contributed by atoms with Gasteiger partial charge in [0.2, 0.25) is 0 Å². The summed E-state index contributed by atoms with van der Waals surface area (Å²) >= 11 is 0. The summed E-state index contributed by atoms with van der Waals surface area (Å²) in [5, 5.41) is 19.2. The molecule has 2 aliphatic rings. The Bertz CT molecular complexity index is 471. The van der Waals surface area contributed by atoms with Gasteiger partial charge < -0.3 is 24.3 Å². The van der Waals surface area contributed by atoms with Crippen molar-refractivity contribution in [2.24, 2.45) is 0 Å². The van der Waals surface area contributed by atoms with Crippen LogP contribution in [0.1, 0.15) is 22.6 Å². The number of rotatable bonds is 1. The predicted octanol–water partition coefficient (Wildman–Crippen LogP) is -0.331. The van der Waals surface area contributed by atoms with Gasteiger partial charge in [-0.1, -0.05) is 0 Å². The quantitative estimate of drug-likeness (QED) is 0.670. The zero-order valence-corrected chi connectivity index (χ0v) is 9.78. The second-order valence-corrected chi connectivity index (χ2v) is 4.80. The van der Waals surface area contributed by atoms with Gasteiger partial charge in [0.1, 0.15) is 6.10 Å². The molecule has 18 heavy (non-hydrogen) atoms. The number of aliphatic hydroxyl groups excluding tert-OH is 2. The van der Waals surface area contributed by atoms with E-state index in [9.17, 15) is 15.0 Å². The molecule has 3 rings (SSSR count). The number of hydrogen-bond acceptors (Lipinski definition) is 5. The van der Waals surface area contributed by atoms with E-state index in [4.69, 9.17) is 9.47 Å². The highest BCUT2D eigenvalue weighted by atomic mass is 16.7. The molecule has 0 saturated carbocycles. The second kappa shape index (κ2) is 4.17. The Hall–Kier alpha value is -1.21. The topological polar surface area (TPSA) is 80.9 Å². The Kier molecular flexibility index (Phi) is 2.74. The normalized spacial score (nSPS) is 35.4. The molecule has 2 aliphatic heterocycles. The molecule has 0 amide bonds. The highest BCUT2D eigenvalue weighted by Crippen LogP contribution is 2.34. The van der Waals surface area contributed by atoms with E-state index in [1.54, 1.807) is 6.07 Å². The monoisotopic (exact) mass is 253 g/mol. The summed E-state index contributed by atoms with van der Waals surface area (Å²) in [5.41, 5.74) is 1.48. The van der Waals surface area contributed by atoms with E-state index in [0.717, 1.165) is 12.0 Å². The number of hydrogen-bond donors (Lipinski definition) is 2. The van der Waals surface area contributed by atoms with E-state index in [2.05, 4.69) is 0 Å². The lowest BCUT2D eigenvalue weighted by molar-refractivity contribution is -0.310. The van der Waals surface area contributed by atoms with Crippen molar-refractivity contribution in [1.29, 1.82) is 0 Å². The van der Waals surface area contributed by atoms with Crippen LogP contribution in [0, 0.1) is 0 Å². The molecule has 1 unspecified atom stereocenters. The third kappa shape index (κ3) is 1.78. The lowest BCUT2D eigenvalue weighted by Crippen LogP contribution is -2.54. The van der Waals surface area contributed by atoms with Gasteiger partial charge in [0.25, 0.3) is 0 Å². The Labute approximate surface area is 104 Å². The highest BCUT2D eigenvalue weighted by Gasteiger charge is 2.44. The van der Waals surface area contributed by atoms with Crippen LogP contribution in [0.4, 0.5) is 0 Å². The predicted molar refractivity (Wildman–Crippen MR) is 59.9 cm³/mol. The minimum atomic E-state index is -0.942. The number of carbonyl (C=O) groups excluding carboxylic acids is 1. The number of carbonyl (C=O) groups is 1. The highest BCUT2D eigenvalue weighted by molar-refractivity contribution is 5.72. The van der Waals surface area contributed by atoms with Crippen LogP contribution in [0.2, 0.25) is 0 Å². The van der Waals surface area contributed by atoms with Crippen LogP contribution in [-0.4, -0.2) is 45.7 Å². The zero-order chi connectivity index (χ0) is 12.8. The van der Waals surface area contributed by atoms with Crippen LogP contribution < -0.4 is 0 Å². The molecule has 3 heterocycles. The summed E-state index contributed by atoms with van der Waals surface area (Å²) in [7, 11) is 0. The molecule has 0 radical (unpaired) electrons. The van der Waals surface area contributed by atoms with Crippen molar-refractivity contribution in [1.82, 2.24) is 4.57 Å². The number of aliphatic hydroxyl groups is 2. The average molecular weight is 253 g/mol. The van der Waals surface area contributed by atoms with Crippen molar-refractivity contribution in [3.63, 3.8) is 0 Å². The molecule has 0 aromatic carbocycles. The molecule has 1 saturated heterocycles. The third-order valence-corrected chi connectivity index (χ3v) is 3.59. The molecular weight excluding hydrogens is 238 g/mol. The summed E-state index contributed by atoms with van der Waals surface area (Å²) in [4.78, 5) is 10.9. The molecule has 6 nitrogen and oxygen atoms in total. The molecular formula is C12H15NO5.